The van der Waals surface area contributed by atoms with Gasteiger partial charge in [-0.2, -0.15) is 0 Å². The van der Waals surface area contributed by atoms with Crippen LogP contribution in [0.5, 0.6) is 11.6 Å². The third-order valence-corrected chi connectivity index (χ3v) is 2.69. The van der Waals surface area contributed by atoms with E-state index in [0.29, 0.717) is 4.47 Å². The molecule has 0 spiro atoms. The van der Waals surface area contributed by atoms with Crippen molar-refractivity contribution in [3.63, 3.8) is 0 Å². The summed E-state index contributed by atoms with van der Waals surface area (Å²) in [4.78, 5) is 10.2. The van der Waals surface area contributed by atoms with Gasteiger partial charge in [0.2, 0.25) is 0 Å². The predicted molar refractivity (Wildman–Crippen MR) is 64.0 cm³/mol. The largest absolute Gasteiger partial charge is 0.431 e. The topological polar surface area (TPSA) is 70.2 Å². The first-order chi connectivity index (χ1) is 8.47. The van der Waals surface area contributed by atoms with Crippen LogP contribution in [0.25, 0.3) is 0 Å². The molecular formula is C10H7BrFN3O3. The Balaban J connectivity index is 2.36. The lowest BCUT2D eigenvalue weighted by atomic mass is 10.3. The van der Waals surface area contributed by atoms with E-state index in [-0.39, 0.29) is 17.3 Å². The van der Waals surface area contributed by atoms with Crippen molar-refractivity contribution in [1.82, 2.24) is 9.78 Å². The molecule has 1 aromatic heterocycles. The number of hydrogen-bond acceptors (Lipinski definition) is 4. The van der Waals surface area contributed by atoms with Crippen LogP contribution in [-0.4, -0.2) is 14.7 Å². The van der Waals surface area contributed by atoms with Gasteiger partial charge in [-0.05, 0) is 34.1 Å². The molecule has 18 heavy (non-hydrogen) atoms. The molecule has 1 heterocycles. The van der Waals surface area contributed by atoms with Crippen LogP contribution in [0.3, 0.4) is 0 Å². The molecule has 0 fully saturated rings. The van der Waals surface area contributed by atoms with E-state index in [1.54, 1.807) is 7.05 Å². The monoisotopic (exact) mass is 315 g/mol. The summed E-state index contributed by atoms with van der Waals surface area (Å²) in [6, 6.07) is 3.75. The zero-order valence-corrected chi connectivity index (χ0v) is 10.7. The van der Waals surface area contributed by atoms with Crippen LogP contribution in [0.15, 0.2) is 28.9 Å². The summed E-state index contributed by atoms with van der Waals surface area (Å²) in [6.45, 7) is 0. The van der Waals surface area contributed by atoms with Crippen molar-refractivity contribution < 1.29 is 14.1 Å². The number of rotatable bonds is 3. The molecule has 0 aliphatic rings. The molecule has 94 valence electrons. The predicted octanol–water partition coefficient (Wildman–Crippen LogP) is 3.02. The van der Waals surface area contributed by atoms with E-state index >= 15 is 0 Å². The molecule has 0 saturated carbocycles. The molecule has 0 radical (unpaired) electrons. The first-order valence-electron chi connectivity index (χ1n) is 4.78. The summed E-state index contributed by atoms with van der Waals surface area (Å²) >= 11 is 3.10. The van der Waals surface area contributed by atoms with Crippen LogP contribution >= 0.6 is 15.9 Å². The summed E-state index contributed by atoms with van der Waals surface area (Å²) in [5.74, 6) is -0.335. The molecule has 6 nitrogen and oxygen atoms in total. The van der Waals surface area contributed by atoms with Crippen molar-refractivity contribution in [1.29, 1.82) is 0 Å². The molecule has 0 amide bonds. The van der Waals surface area contributed by atoms with E-state index in [0.717, 1.165) is 0 Å². The minimum absolute atomic E-state index is 0.144. The van der Waals surface area contributed by atoms with E-state index in [4.69, 9.17) is 4.74 Å². The quantitative estimate of drug-likeness (QED) is 0.644. The van der Waals surface area contributed by atoms with Gasteiger partial charge in [-0.15, -0.1) is 5.10 Å². The third kappa shape index (κ3) is 2.48. The van der Waals surface area contributed by atoms with Gasteiger partial charge in [-0.3, -0.25) is 14.8 Å². The van der Waals surface area contributed by atoms with Gasteiger partial charge >= 0.3 is 11.6 Å². The Kier molecular flexibility index (Phi) is 3.28. The van der Waals surface area contributed by atoms with Gasteiger partial charge in [-0.25, -0.2) is 4.39 Å². The van der Waals surface area contributed by atoms with Crippen molar-refractivity contribution in [2.75, 3.05) is 0 Å². The second-order valence-electron chi connectivity index (χ2n) is 3.43. The number of hydrogen-bond donors (Lipinski definition) is 0. The number of nitro groups is 1. The highest BCUT2D eigenvalue weighted by atomic mass is 79.9. The van der Waals surface area contributed by atoms with E-state index in [1.807, 2.05) is 0 Å². The van der Waals surface area contributed by atoms with E-state index in [1.165, 1.54) is 29.1 Å². The average Bonchev–Trinajstić information content (AvgIpc) is 2.64. The smallest absolute Gasteiger partial charge is 0.350 e. The maximum Gasteiger partial charge on any atom is 0.350 e. The Morgan fingerprint density at radius 3 is 2.89 bits per heavy atom. The van der Waals surface area contributed by atoms with Crippen molar-refractivity contribution >= 4 is 21.6 Å². The molecule has 0 atom stereocenters. The third-order valence-electron chi connectivity index (χ3n) is 2.07. The molecule has 0 saturated heterocycles. The van der Waals surface area contributed by atoms with Gasteiger partial charge in [0.05, 0.1) is 9.40 Å². The zero-order valence-electron chi connectivity index (χ0n) is 9.13. The molecule has 0 aliphatic heterocycles. The number of benzene rings is 1. The molecule has 2 rings (SSSR count). The number of aromatic nitrogens is 2. The number of halogens is 2. The van der Waals surface area contributed by atoms with E-state index in [9.17, 15) is 14.5 Å². The minimum atomic E-state index is -0.597. The van der Waals surface area contributed by atoms with E-state index < -0.39 is 10.7 Å². The van der Waals surface area contributed by atoms with Crippen LogP contribution in [-0.2, 0) is 7.05 Å². The van der Waals surface area contributed by atoms with Crippen molar-refractivity contribution in [2.45, 2.75) is 0 Å². The Labute approximate surface area is 109 Å². The van der Waals surface area contributed by atoms with Crippen LogP contribution in [0.4, 0.5) is 10.1 Å². The highest BCUT2D eigenvalue weighted by molar-refractivity contribution is 9.10. The molecule has 0 aliphatic carbocycles. The Bertz CT molecular complexity index is 614. The van der Waals surface area contributed by atoms with Gasteiger partial charge in [0.1, 0.15) is 17.8 Å². The number of ether oxygens (including phenoxy) is 1. The highest BCUT2D eigenvalue weighted by Crippen LogP contribution is 2.33. The van der Waals surface area contributed by atoms with Crippen molar-refractivity contribution in [3.05, 3.63) is 44.8 Å². The summed E-state index contributed by atoms with van der Waals surface area (Å²) < 4.78 is 19.8. The van der Waals surface area contributed by atoms with Crippen LogP contribution < -0.4 is 4.74 Å². The van der Waals surface area contributed by atoms with Crippen molar-refractivity contribution in [3.8, 4) is 11.6 Å². The second kappa shape index (κ2) is 4.73. The van der Waals surface area contributed by atoms with Gasteiger partial charge in [-0.1, -0.05) is 0 Å². The maximum absolute atomic E-state index is 12.9. The molecule has 1 aromatic carbocycles. The second-order valence-corrected chi connectivity index (χ2v) is 4.28. The first-order valence-corrected chi connectivity index (χ1v) is 5.57. The highest BCUT2D eigenvalue weighted by Gasteiger charge is 2.21. The lowest BCUT2D eigenvalue weighted by Crippen LogP contribution is -1.92. The lowest BCUT2D eigenvalue weighted by Gasteiger charge is -2.04. The molecule has 0 unspecified atom stereocenters. The fourth-order valence-electron chi connectivity index (χ4n) is 1.32. The first kappa shape index (κ1) is 12.5. The van der Waals surface area contributed by atoms with Gasteiger partial charge < -0.3 is 4.74 Å². The Morgan fingerprint density at radius 1 is 1.56 bits per heavy atom. The molecule has 8 heteroatoms. The van der Waals surface area contributed by atoms with Gasteiger partial charge in [0.25, 0.3) is 0 Å². The fourth-order valence-corrected chi connectivity index (χ4v) is 1.75. The summed E-state index contributed by atoms with van der Waals surface area (Å²) in [7, 11) is 1.54. The van der Waals surface area contributed by atoms with Gasteiger partial charge in [0.15, 0.2) is 0 Å². The van der Waals surface area contributed by atoms with Crippen LogP contribution in [0.1, 0.15) is 0 Å². The minimum Gasteiger partial charge on any atom is -0.431 e. The molecular weight excluding hydrogens is 309 g/mol. The lowest BCUT2D eigenvalue weighted by molar-refractivity contribution is -0.385. The normalized spacial score (nSPS) is 10.4. The molecule has 0 bridgehead atoms. The standard InChI is InChI=1S/C10H7BrFN3O3/c1-14-5-8(15(16)17)10(13-14)18-9-3-2-6(12)4-7(9)11/h2-5H,1H3. The van der Waals surface area contributed by atoms with Crippen LogP contribution in [0.2, 0.25) is 0 Å². The average molecular weight is 316 g/mol. The summed E-state index contributed by atoms with van der Waals surface area (Å²) in [6.07, 6.45) is 1.23. The Hall–Kier alpha value is -1.96. The molecule has 0 N–H and O–H groups in total. The Morgan fingerprint density at radius 2 is 2.28 bits per heavy atom. The van der Waals surface area contributed by atoms with Crippen molar-refractivity contribution in [2.24, 2.45) is 7.05 Å². The van der Waals surface area contributed by atoms with E-state index in [2.05, 4.69) is 21.0 Å². The molecule has 2 aromatic rings. The SMILES string of the molecule is Cn1cc([N+](=O)[O-])c(Oc2ccc(F)cc2Br)n1. The summed E-state index contributed by atoms with van der Waals surface area (Å²) in [5.41, 5.74) is -0.256. The number of nitrogens with zero attached hydrogens (tertiary/aromatic N) is 3. The van der Waals surface area contributed by atoms with Gasteiger partial charge in [0, 0.05) is 7.05 Å². The maximum atomic E-state index is 12.9. The number of aryl methyl sites for hydroxylation is 1. The zero-order chi connectivity index (χ0) is 13.3. The fraction of sp³-hybridized carbons (Fsp3) is 0.100. The van der Waals surface area contributed by atoms with Crippen LogP contribution in [0, 0.1) is 15.9 Å². The summed E-state index contributed by atoms with van der Waals surface area (Å²) in [5, 5.41) is 14.6.